The Balaban J connectivity index is 1.70. The summed E-state index contributed by atoms with van der Waals surface area (Å²) in [5, 5.41) is 1.98. The Hall–Kier alpha value is -1.74. The molecule has 1 N–H and O–H groups in total. The van der Waals surface area contributed by atoms with Crippen molar-refractivity contribution < 1.29 is 13.2 Å². The van der Waals surface area contributed by atoms with Gasteiger partial charge in [-0.25, -0.2) is 13.1 Å². The number of rotatable bonds is 7. The van der Waals surface area contributed by atoms with Gasteiger partial charge in [-0.2, -0.15) is 0 Å². The van der Waals surface area contributed by atoms with Crippen LogP contribution in [0.4, 0.5) is 5.69 Å². The van der Waals surface area contributed by atoms with Crippen LogP contribution < -0.4 is 9.62 Å². The number of hydrogen-bond donors (Lipinski definition) is 1. The third-order valence-corrected chi connectivity index (χ3v) is 6.91. The Morgan fingerprint density at radius 1 is 1.23 bits per heavy atom. The van der Waals surface area contributed by atoms with Crippen molar-refractivity contribution in [2.45, 2.75) is 23.8 Å². The fourth-order valence-electron chi connectivity index (χ4n) is 3.02. The molecule has 1 aliphatic heterocycles. The molecule has 6 nitrogen and oxygen atoms in total. The molecule has 2 aromatic rings. The summed E-state index contributed by atoms with van der Waals surface area (Å²) in [6.07, 6.45) is 1.39. The zero-order valence-corrected chi connectivity index (χ0v) is 16.5. The van der Waals surface area contributed by atoms with Gasteiger partial charge < -0.3 is 9.80 Å². The number of anilines is 1. The number of thiophene rings is 1. The predicted octanol–water partition coefficient (Wildman–Crippen LogP) is 2.46. The maximum Gasteiger partial charge on any atom is 0.240 e. The second kappa shape index (κ2) is 7.87. The average Bonchev–Trinajstić information content (AvgIpc) is 3.27. The molecule has 1 atom stereocenters. The molecule has 0 spiro atoms. The third-order valence-electron chi connectivity index (χ3n) is 4.49. The zero-order chi connectivity index (χ0) is 18.7. The summed E-state index contributed by atoms with van der Waals surface area (Å²) in [4.78, 5) is 16.8. The van der Waals surface area contributed by atoms with E-state index in [1.165, 1.54) is 0 Å². The van der Waals surface area contributed by atoms with Gasteiger partial charge in [0.1, 0.15) is 0 Å². The molecule has 8 heteroatoms. The van der Waals surface area contributed by atoms with Crippen molar-refractivity contribution in [1.29, 1.82) is 0 Å². The van der Waals surface area contributed by atoms with E-state index in [9.17, 15) is 13.2 Å². The zero-order valence-electron chi connectivity index (χ0n) is 14.9. The lowest BCUT2D eigenvalue weighted by Crippen LogP contribution is -2.34. The van der Waals surface area contributed by atoms with E-state index in [1.807, 2.05) is 36.5 Å². The van der Waals surface area contributed by atoms with Crippen LogP contribution in [0.15, 0.2) is 46.7 Å². The average molecular weight is 394 g/mol. The van der Waals surface area contributed by atoms with Gasteiger partial charge in [-0.15, -0.1) is 11.3 Å². The van der Waals surface area contributed by atoms with Gasteiger partial charge in [0.15, 0.2) is 0 Å². The molecule has 140 valence electrons. The Morgan fingerprint density at radius 2 is 1.96 bits per heavy atom. The summed E-state index contributed by atoms with van der Waals surface area (Å²) in [6.45, 7) is 0.983. The van der Waals surface area contributed by atoms with Crippen LogP contribution in [0, 0.1) is 0 Å². The number of nitrogens with one attached hydrogen (secondary N) is 1. The van der Waals surface area contributed by atoms with E-state index in [0.29, 0.717) is 19.5 Å². The lowest BCUT2D eigenvalue weighted by Gasteiger charge is -2.23. The summed E-state index contributed by atoms with van der Waals surface area (Å²) in [6, 6.07) is 10.4. The molecule has 1 aromatic carbocycles. The van der Waals surface area contributed by atoms with Gasteiger partial charge in [-0.1, -0.05) is 6.07 Å². The Bertz CT molecular complexity index is 846. The lowest BCUT2D eigenvalue weighted by atomic mass is 10.2. The Labute approximate surface area is 158 Å². The molecule has 1 saturated heterocycles. The molecule has 1 aromatic heterocycles. The molecule has 26 heavy (non-hydrogen) atoms. The predicted molar refractivity (Wildman–Crippen MR) is 104 cm³/mol. The lowest BCUT2D eigenvalue weighted by molar-refractivity contribution is -0.117. The Morgan fingerprint density at radius 3 is 2.50 bits per heavy atom. The molecular formula is C18H23N3O3S2. The van der Waals surface area contributed by atoms with Crippen LogP contribution in [0.25, 0.3) is 0 Å². The number of nitrogens with zero attached hydrogens (tertiary/aromatic N) is 2. The van der Waals surface area contributed by atoms with Crippen LogP contribution in [0.3, 0.4) is 0 Å². The highest BCUT2D eigenvalue weighted by atomic mass is 32.2. The van der Waals surface area contributed by atoms with Gasteiger partial charge in [0.05, 0.1) is 10.9 Å². The minimum Gasteiger partial charge on any atom is -0.312 e. The highest BCUT2D eigenvalue weighted by Gasteiger charge is 2.23. The number of hydrogen-bond acceptors (Lipinski definition) is 5. The summed E-state index contributed by atoms with van der Waals surface area (Å²) >= 11 is 1.61. The standard InChI is InChI=1S/C18H23N3O3S2/c1-20(2)16(17-5-4-12-25-17)13-19-26(23,24)15-9-7-14(8-10-15)21-11-3-6-18(21)22/h4-5,7-10,12,16,19H,3,6,11,13H2,1-2H3. The minimum atomic E-state index is -3.61. The van der Waals surface area contributed by atoms with Crippen LogP contribution >= 0.6 is 11.3 Å². The highest BCUT2D eigenvalue weighted by Crippen LogP contribution is 2.25. The van der Waals surface area contributed by atoms with Crippen molar-refractivity contribution in [2.75, 3.05) is 32.1 Å². The quantitative estimate of drug-likeness (QED) is 0.785. The van der Waals surface area contributed by atoms with Gasteiger partial charge in [0.25, 0.3) is 0 Å². The molecule has 0 saturated carbocycles. The van der Waals surface area contributed by atoms with Crippen molar-refractivity contribution in [3.8, 4) is 0 Å². The van der Waals surface area contributed by atoms with E-state index >= 15 is 0 Å². The molecule has 1 fully saturated rings. The molecule has 1 amide bonds. The maximum atomic E-state index is 12.6. The van der Waals surface area contributed by atoms with Crippen molar-refractivity contribution >= 4 is 33.0 Å². The fourth-order valence-corrected chi connectivity index (χ4v) is 4.98. The summed E-state index contributed by atoms with van der Waals surface area (Å²) in [5.74, 6) is 0.0866. The fraction of sp³-hybridized carbons (Fsp3) is 0.389. The highest BCUT2D eigenvalue weighted by molar-refractivity contribution is 7.89. The van der Waals surface area contributed by atoms with Crippen LogP contribution in [-0.2, 0) is 14.8 Å². The van der Waals surface area contributed by atoms with Gasteiger partial charge in [0, 0.05) is 30.1 Å². The Kier molecular flexibility index (Phi) is 5.76. The largest absolute Gasteiger partial charge is 0.312 e. The van der Waals surface area contributed by atoms with Crippen molar-refractivity contribution in [2.24, 2.45) is 0 Å². The molecule has 1 unspecified atom stereocenters. The van der Waals surface area contributed by atoms with E-state index in [0.717, 1.165) is 17.0 Å². The van der Waals surface area contributed by atoms with Crippen molar-refractivity contribution in [1.82, 2.24) is 9.62 Å². The molecule has 1 aliphatic rings. The minimum absolute atomic E-state index is 0.0220. The summed E-state index contributed by atoms with van der Waals surface area (Å²) in [5.41, 5.74) is 0.746. The first-order chi connectivity index (χ1) is 12.4. The van der Waals surface area contributed by atoms with Crippen LogP contribution in [0.2, 0.25) is 0 Å². The third kappa shape index (κ3) is 4.15. The maximum absolute atomic E-state index is 12.6. The number of carbonyl (C=O) groups excluding carboxylic acids is 1. The molecule has 3 rings (SSSR count). The second-order valence-corrected chi connectivity index (χ2v) is 9.24. The number of sulfonamides is 1. The monoisotopic (exact) mass is 393 g/mol. The van der Waals surface area contributed by atoms with Gasteiger partial charge >= 0.3 is 0 Å². The number of benzene rings is 1. The van der Waals surface area contributed by atoms with E-state index in [4.69, 9.17) is 0 Å². The van der Waals surface area contributed by atoms with Gasteiger partial charge in [0.2, 0.25) is 15.9 Å². The van der Waals surface area contributed by atoms with Gasteiger partial charge in [-0.3, -0.25) is 4.79 Å². The van der Waals surface area contributed by atoms with E-state index in [-0.39, 0.29) is 16.8 Å². The van der Waals surface area contributed by atoms with Crippen molar-refractivity contribution in [3.05, 3.63) is 46.7 Å². The second-order valence-electron chi connectivity index (χ2n) is 6.49. The SMILES string of the molecule is CN(C)C(CNS(=O)(=O)c1ccc(N2CCCC2=O)cc1)c1cccs1. The van der Waals surface area contributed by atoms with E-state index < -0.39 is 10.0 Å². The van der Waals surface area contributed by atoms with E-state index in [1.54, 1.807) is 40.5 Å². The molecular weight excluding hydrogens is 370 g/mol. The first kappa shape index (κ1) is 19.0. The van der Waals surface area contributed by atoms with Crippen LogP contribution in [0.5, 0.6) is 0 Å². The van der Waals surface area contributed by atoms with Crippen LogP contribution in [0.1, 0.15) is 23.8 Å². The summed E-state index contributed by atoms with van der Waals surface area (Å²) < 4.78 is 27.9. The molecule has 0 bridgehead atoms. The first-order valence-electron chi connectivity index (χ1n) is 8.48. The van der Waals surface area contributed by atoms with Crippen molar-refractivity contribution in [3.63, 3.8) is 0 Å². The number of likely N-dealkylation sites (N-methyl/N-ethyl adjacent to an activating group) is 1. The number of carbonyl (C=O) groups is 1. The van der Waals surface area contributed by atoms with Crippen LogP contribution in [-0.4, -0.2) is 46.4 Å². The first-order valence-corrected chi connectivity index (χ1v) is 10.8. The molecule has 2 heterocycles. The molecule has 0 aliphatic carbocycles. The number of amides is 1. The smallest absolute Gasteiger partial charge is 0.240 e. The normalized spacial score (nSPS) is 16.4. The topological polar surface area (TPSA) is 69.7 Å². The summed E-state index contributed by atoms with van der Waals surface area (Å²) in [7, 11) is 0.253. The van der Waals surface area contributed by atoms with E-state index in [2.05, 4.69) is 4.72 Å². The molecule has 0 radical (unpaired) electrons. The van der Waals surface area contributed by atoms with Gasteiger partial charge in [-0.05, 0) is 56.2 Å².